The summed E-state index contributed by atoms with van der Waals surface area (Å²) in [6, 6.07) is 35.6. The minimum absolute atomic E-state index is 0.175. The van der Waals surface area contributed by atoms with E-state index in [0.717, 1.165) is 0 Å². The number of ether oxygens (including phenoxy) is 2. The van der Waals surface area contributed by atoms with Crippen molar-refractivity contribution < 1.29 is 9.47 Å². The smallest absolute Gasteiger partial charge is 0.0717 e. The van der Waals surface area contributed by atoms with Crippen LogP contribution in [0, 0.1) is 0 Å². The zero-order valence-corrected chi connectivity index (χ0v) is 16.5. The second-order valence-electron chi connectivity index (χ2n) is 7.27. The third kappa shape index (κ3) is 5.32. The van der Waals surface area contributed by atoms with Crippen LogP contribution in [-0.2, 0) is 22.7 Å². The summed E-state index contributed by atoms with van der Waals surface area (Å²) in [6.45, 7) is 2.47. The Labute approximate surface area is 172 Å². The third-order valence-electron chi connectivity index (χ3n) is 5.12. The lowest BCUT2D eigenvalue weighted by molar-refractivity contribution is 0.0530. The summed E-state index contributed by atoms with van der Waals surface area (Å²) in [5, 5.41) is 2.52. The van der Waals surface area contributed by atoms with Gasteiger partial charge in [-0.1, -0.05) is 103 Å². The van der Waals surface area contributed by atoms with Gasteiger partial charge in [-0.05, 0) is 27.5 Å². The van der Waals surface area contributed by atoms with Crippen LogP contribution in [0.2, 0.25) is 0 Å². The van der Waals surface area contributed by atoms with E-state index in [1.165, 1.54) is 27.5 Å². The molecule has 0 amide bonds. The summed E-state index contributed by atoms with van der Waals surface area (Å²) < 4.78 is 12.2. The molecule has 4 rings (SSSR count). The van der Waals surface area contributed by atoms with Crippen molar-refractivity contribution in [2.45, 2.75) is 19.1 Å². The predicted molar refractivity (Wildman–Crippen MR) is 119 cm³/mol. The molecule has 0 unspecified atom stereocenters. The fraction of sp³-hybridized carbons (Fsp3) is 0.185. The number of rotatable bonds is 9. The lowest BCUT2D eigenvalue weighted by Crippen LogP contribution is -2.15. The van der Waals surface area contributed by atoms with Crippen LogP contribution in [0.3, 0.4) is 0 Å². The predicted octanol–water partition coefficient (Wildman–Crippen LogP) is 6.36. The Balaban J connectivity index is 1.48. The highest BCUT2D eigenvalue weighted by Gasteiger charge is 2.15. The van der Waals surface area contributed by atoms with Crippen molar-refractivity contribution in [3.05, 3.63) is 120 Å². The molecule has 2 heteroatoms. The SMILES string of the molecule is c1ccc(COCC(COCc2ccccc2)c2cccc3ccccc23)cc1. The van der Waals surface area contributed by atoms with Crippen LogP contribution in [-0.4, -0.2) is 13.2 Å². The first kappa shape index (κ1) is 19.4. The maximum absolute atomic E-state index is 6.11. The Morgan fingerprint density at radius 1 is 0.517 bits per heavy atom. The molecule has 0 fully saturated rings. The van der Waals surface area contributed by atoms with Crippen molar-refractivity contribution in [1.82, 2.24) is 0 Å². The van der Waals surface area contributed by atoms with Crippen LogP contribution >= 0.6 is 0 Å². The standard InChI is InChI=1S/C27H26O2/c1-3-10-22(11-4-1)18-28-20-25(21-29-19-23-12-5-2-6-13-23)27-17-9-15-24-14-7-8-16-26(24)27/h1-17,25H,18-21H2. The molecule has 0 atom stereocenters. The van der Waals surface area contributed by atoms with Crippen molar-refractivity contribution in [1.29, 1.82) is 0 Å². The van der Waals surface area contributed by atoms with Crippen LogP contribution < -0.4 is 0 Å². The van der Waals surface area contributed by atoms with Gasteiger partial charge in [0, 0.05) is 5.92 Å². The first-order chi connectivity index (χ1) is 14.4. The van der Waals surface area contributed by atoms with E-state index < -0.39 is 0 Å². The van der Waals surface area contributed by atoms with E-state index in [2.05, 4.69) is 66.7 Å². The van der Waals surface area contributed by atoms with Gasteiger partial charge in [0.2, 0.25) is 0 Å². The van der Waals surface area contributed by atoms with E-state index in [1.807, 2.05) is 36.4 Å². The molecule has 0 bridgehead atoms. The van der Waals surface area contributed by atoms with Gasteiger partial charge in [-0.15, -0.1) is 0 Å². The largest absolute Gasteiger partial charge is 0.376 e. The lowest BCUT2D eigenvalue weighted by atomic mass is 9.94. The second-order valence-corrected chi connectivity index (χ2v) is 7.27. The fourth-order valence-corrected chi connectivity index (χ4v) is 3.62. The van der Waals surface area contributed by atoms with E-state index in [-0.39, 0.29) is 5.92 Å². The highest BCUT2D eigenvalue weighted by Crippen LogP contribution is 2.27. The van der Waals surface area contributed by atoms with Crippen LogP contribution in [0.4, 0.5) is 0 Å². The zero-order valence-electron chi connectivity index (χ0n) is 16.5. The first-order valence-corrected chi connectivity index (χ1v) is 10.1. The highest BCUT2D eigenvalue weighted by molar-refractivity contribution is 5.86. The molecular weight excluding hydrogens is 356 g/mol. The Kier molecular flexibility index (Phi) is 6.69. The average molecular weight is 383 g/mol. The van der Waals surface area contributed by atoms with Crippen molar-refractivity contribution in [3.63, 3.8) is 0 Å². The monoisotopic (exact) mass is 382 g/mol. The molecule has 0 aliphatic carbocycles. The van der Waals surface area contributed by atoms with E-state index in [1.54, 1.807) is 0 Å². The Morgan fingerprint density at radius 2 is 1.03 bits per heavy atom. The Morgan fingerprint density at radius 3 is 1.66 bits per heavy atom. The molecule has 0 saturated carbocycles. The van der Waals surface area contributed by atoms with Gasteiger partial charge in [0.25, 0.3) is 0 Å². The molecule has 0 aromatic heterocycles. The second kappa shape index (κ2) is 10.0. The van der Waals surface area contributed by atoms with Gasteiger partial charge in [-0.3, -0.25) is 0 Å². The third-order valence-corrected chi connectivity index (χ3v) is 5.12. The van der Waals surface area contributed by atoms with Gasteiger partial charge in [-0.25, -0.2) is 0 Å². The summed E-state index contributed by atoms with van der Waals surface area (Å²) in [5.41, 5.74) is 3.66. The van der Waals surface area contributed by atoms with Crippen LogP contribution in [0.5, 0.6) is 0 Å². The average Bonchev–Trinajstić information content (AvgIpc) is 2.79. The van der Waals surface area contributed by atoms with Gasteiger partial charge in [0.15, 0.2) is 0 Å². The fourth-order valence-electron chi connectivity index (χ4n) is 3.62. The molecule has 0 aliphatic heterocycles. The van der Waals surface area contributed by atoms with Gasteiger partial charge in [-0.2, -0.15) is 0 Å². The number of hydrogen-bond donors (Lipinski definition) is 0. The molecule has 0 heterocycles. The first-order valence-electron chi connectivity index (χ1n) is 10.1. The van der Waals surface area contributed by atoms with Crippen LogP contribution in [0.1, 0.15) is 22.6 Å². The molecular formula is C27H26O2. The zero-order chi connectivity index (χ0) is 19.7. The van der Waals surface area contributed by atoms with Crippen molar-refractivity contribution in [2.75, 3.05) is 13.2 Å². The summed E-state index contributed by atoms with van der Waals surface area (Å²) in [5.74, 6) is 0.175. The van der Waals surface area contributed by atoms with Gasteiger partial charge >= 0.3 is 0 Å². The lowest BCUT2D eigenvalue weighted by Gasteiger charge is -2.20. The summed E-state index contributed by atoms with van der Waals surface area (Å²) in [6.07, 6.45) is 0. The van der Waals surface area contributed by atoms with Crippen molar-refractivity contribution >= 4 is 10.8 Å². The van der Waals surface area contributed by atoms with E-state index in [9.17, 15) is 0 Å². The maximum Gasteiger partial charge on any atom is 0.0717 e. The number of benzene rings is 4. The molecule has 4 aromatic rings. The van der Waals surface area contributed by atoms with Gasteiger partial charge < -0.3 is 9.47 Å². The maximum atomic E-state index is 6.11. The molecule has 146 valence electrons. The quantitative estimate of drug-likeness (QED) is 0.335. The van der Waals surface area contributed by atoms with E-state index >= 15 is 0 Å². The number of fused-ring (bicyclic) bond motifs is 1. The highest BCUT2D eigenvalue weighted by atomic mass is 16.5. The molecule has 0 N–H and O–H groups in total. The molecule has 0 spiro atoms. The van der Waals surface area contributed by atoms with Crippen LogP contribution in [0.25, 0.3) is 10.8 Å². The summed E-state index contributed by atoms with van der Waals surface area (Å²) >= 11 is 0. The van der Waals surface area contributed by atoms with E-state index in [4.69, 9.17) is 9.47 Å². The molecule has 0 saturated heterocycles. The normalized spacial score (nSPS) is 11.2. The van der Waals surface area contributed by atoms with Crippen molar-refractivity contribution in [3.8, 4) is 0 Å². The topological polar surface area (TPSA) is 18.5 Å². The Hall–Kier alpha value is -2.94. The van der Waals surface area contributed by atoms with E-state index in [0.29, 0.717) is 26.4 Å². The van der Waals surface area contributed by atoms with Crippen molar-refractivity contribution in [2.24, 2.45) is 0 Å². The Bertz CT molecular complexity index is 961. The van der Waals surface area contributed by atoms with Gasteiger partial charge in [0.1, 0.15) is 0 Å². The summed E-state index contributed by atoms with van der Waals surface area (Å²) in [4.78, 5) is 0. The minimum atomic E-state index is 0.175. The minimum Gasteiger partial charge on any atom is -0.376 e. The summed E-state index contributed by atoms with van der Waals surface area (Å²) in [7, 11) is 0. The molecule has 0 radical (unpaired) electrons. The molecule has 2 nitrogen and oxygen atoms in total. The molecule has 29 heavy (non-hydrogen) atoms. The van der Waals surface area contributed by atoms with Gasteiger partial charge in [0.05, 0.1) is 26.4 Å². The van der Waals surface area contributed by atoms with Crippen LogP contribution in [0.15, 0.2) is 103 Å². The molecule has 4 aromatic carbocycles. The molecule has 0 aliphatic rings. The number of hydrogen-bond acceptors (Lipinski definition) is 2.